The van der Waals surface area contributed by atoms with Gasteiger partial charge >= 0.3 is 17.9 Å². The maximum absolute atomic E-state index is 13.3. The lowest BCUT2D eigenvalue weighted by molar-refractivity contribution is -0.172. The molecule has 0 fully saturated rings. The molecule has 0 aliphatic heterocycles. The molecule has 0 radical (unpaired) electrons. The van der Waals surface area contributed by atoms with Crippen molar-refractivity contribution in [3.05, 3.63) is 0 Å². The molecule has 0 unspecified atom stereocenters. The lowest BCUT2D eigenvalue weighted by atomic mass is 9.84. The van der Waals surface area contributed by atoms with Gasteiger partial charge in [0.1, 0.15) is 6.10 Å². The average Bonchev–Trinajstić information content (AvgIpc) is 3.25. The van der Waals surface area contributed by atoms with Crippen LogP contribution in [0.2, 0.25) is 0 Å². The zero-order valence-electron chi connectivity index (χ0n) is 41.3. The van der Waals surface area contributed by atoms with E-state index in [1.165, 1.54) is 116 Å². The molecule has 0 heterocycles. The van der Waals surface area contributed by atoms with Crippen molar-refractivity contribution < 1.29 is 33.7 Å². The Labute approximate surface area is 378 Å². The summed E-state index contributed by atoms with van der Waals surface area (Å²) in [6.45, 7) is 14.1. The highest BCUT2D eigenvalue weighted by Crippen LogP contribution is 2.29. The van der Waals surface area contributed by atoms with Crippen molar-refractivity contribution in [1.82, 2.24) is 4.90 Å². The Morgan fingerprint density at radius 2 is 0.820 bits per heavy atom. The fourth-order valence-corrected chi connectivity index (χ4v) is 8.29. The largest absolute Gasteiger partial charge is 0.465 e. The van der Waals surface area contributed by atoms with Crippen LogP contribution in [0.4, 0.5) is 0 Å². The first-order valence-electron chi connectivity index (χ1n) is 26.7. The summed E-state index contributed by atoms with van der Waals surface area (Å²) in [5.74, 6) is -0.879. The molecular weight excluding hydrogens is 763 g/mol. The Morgan fingerprint density at radius 3 is 1.25 bits per heavy atom. The summed E-state index contributed by atoms with van der Waals surface area (Å²) < 4.78 is 17.4. The van der Waals surface area contributed by atoms with Crippen LogP contribution in [0, 0.1) is 5.41 Å². The highest BCUT2D eigenvalue weighted by Gasteiger charge is 2.43. The minimum Gasteiger partial charge on any atom is -0.465 e. The predicted octanol–water partition coefficient (Wildman–Crippen LogP) is 14.8. The summed E-state index contributed by atoms with van der Waals surface area (Å²) in [5, 5.41) is 9.72. The second kappa shape index (κ2) is 44.9. The third-order valence-electron chi connectivity index (χ3n) is 12.6. The van der Waals surface area contributed by atoms with E-state index in [4.69, 9.17) is 14.2 Å². The quantitative estimate of drug-likeness (QED) is 0.0279. The maximum Gasteiger partial charge on any atom is 0.323 e. The van der Waals surface area contributed by atoms with Crippen LogP contribution < -0.4 is 0 Å². The van der Waals surface area contributed by atoms with Crippen LogP contribution in [0.1, 0.15) is 272 Å². The third kappa shape index (κ3) is 36.4. The molecule has 0 spiro atoms. The van der Waals surface area contributed by atoms with Crippen LogP contribution >= 0.6 is 0 Å². The van der Waals surface area contributed by atoms with E-state index in [-0.39, 0.29) is 18.7 Å². The van der Waals surface area contributed by atoms with Gasteiger partial charge in [0, 0.05) is 13.0 Å². The molecule has 0 saturated heterocycles. The molecule has 362 valence electrons. The lowest BCUT2D eigenvalue weighted by Crippen LogP contribution is -2.39. The van der Waals surface area contributed by atoms with Crippen LogP contribution in [-0.2, 0) is 28.6 Å². The molecule has 0 aromatic rings. The molecule has 0 aliphatic rings. The number of hydrogen-bond donors (Lipinski definition) is 1. The molecule has 8 nitrogen and oxygen atoms in total. The zero-order valence-corrected chi connectivity index (χ0v) is 41.3. The second-order valence-corrected chi connectivity index (χ2v) is 18.6. The minimum atomic E-state index is -1.27. The number of aliphatic hydroxyl groups is 1. The summed E-state index contributed by atoms with van der Waals surface area (Å²) in [6.07, 6.45) is 40.7. The van der Waals surface area contributed by atoms with Crippen molar-refractivity contribution in [2.24, 2.45) is 5.41 Å². The van der Waals surface area contributed by atoms with E-state index in [0.29, 0.717) is 32.6 Å². The topological polar surface area (TPSA) is 102 Å². The van der Waals surface area contributed by atoms with Gasteiger partial charge in [-0.3, -0.25) is 14.4 Å². The van der Waals surface area contributed by atoms with E-state index < -0.39 is 17.4 Å². The Bertz CT molecular complexity index is 928. The number of nitrogens with zero attached hydrogens (tertiary/aromatic N) is 1. The van der Waals surface area contributed by atoms with Crippen LogP contribution in [0.5, 0.6) is 0 Å². The number of hydrogen-bond acceptors (Lipinski definition) is 8. The molecule has 0 bridgehead atoms. The smallest absolute Gasteiger partial charge is 0.323 e. The number of esters is 3. The van der Waals surface area contributed by atoms with Gasteiger partial charge in [0.15, 0.2) is 5.41 Å². The van der Waals surface area contributed by atoms with Crippen LogP contribution in [0.25, 0.3) is 0 Å². The van der Waals surface area contributed by atoms with Crippen molar-refractivity contribution >= 4 is 17.9 Å². The molecule has 1 N–H and O–H groups in total. The Kier molecular flexibility index (Phi) is 43.7. The third-order valence-corrected chi connectivity index (χ3v) is 12.6. The first-order valence-corrected chi connectivity index (χ1v) is 26.7. The van der Waals surface area contributed by atoms with Crippen molar-refractivity contribution in [3.8, 4) is 0 Å². The van der Waals surface area contributed by atoms with Gasteiger partial charge in [-0.1, -0.05) is 195 Å². The minimum absolute atomic E-state index is 0.00688. The van der Waals surface area contributed by atoms with E-state index in [0.717, 1.165) is 122 Å². The normalized spacial score (nSPS) is 11.8. The van der Waals surface area contributed by atoms with Crippen molar-refractivity contribution in [2.45, 2.75) is 278 Å². The standard InChI is InChI=1S/C53H103NO7/c1-6-10-14-18-23-31-39-49(40-32-24-19-15-11-7-2)61-50(56)41-33-25-22-27-35-43-54(45-46-55)44-36-28-26-34-42-53(5,51(57)59-47-37-29-20-16-12-8-3)52(58)60-48-38-30-21-17-13-9-4/h49,55H,6-48H2,1-5H3. The highest BCUT2D eigenvalue weighted by atomic mass is 16.6. The summed E-state index contributed by atoms with van der Waals surface area (Å²) in [5.41, 5.74) is -1.27. The van der Waals surface area contributed by atoms with Gasteiger partial charge in [0.05, 0.1) is 19.8 Å². The number of ether oxygens (including phenoxy) is 3. The van der Waals surface area contributed by atoms with Gasteiger partial charge in [-0.2, -0.15) is 0 Å². The van der Waals surface area contributed by atoms with Crippen molar-refractivity contribution in [2.75, 3.05) is 39.5 Å². The number of carbonyl (C=O) groups excluding carboxylic acids is 3. The van der Waals surface area contributed by atoms with Crippen LogP contribution in [0.15, 0.2) is 0 Å². The molecule has 0 aromatic carbocycles. The van der Waals surface area contributed by atoms with E-state index in [2.05, 4.69) is 32.6 Å². The van der Waals surface area contributed by atoms with Gasteiger partial charge in [-0.25, -0.2) is 0 Å². The Balaban J connectivity index is 4.58. The molecule has 0 amide bonds. The van der Waals surface area contributed by atoms with Crippen LogP contribution in [0.3, 0.4) is 0 Å². The number of rotatable bonds is 48. The number of carbonyl (C=O) groups is 3. The van der Waals surface area contributed by atoms with Crippen molar-refractivity contribution in [3.63, 3.8) is 0 Å². The molecule has 0 rings (SSSR count). The summed E-state index contributed by atoms with van der Waals surface area (Å²) in [7, 11) is 0. The number of aliphatic hydroxyl groups excluding tert-OH is 1. The van der Waals surface area contributed by atoms with Gasteiger partial charge in [-0.15, -0.1) is 0 Å². The Morgan fingerprint density at radius 1 is 0.459 bits per heavy atom. The SMILES string of the molecule is CCCCCCCCOC(=O)C(C)(CCCCCCN(CCO)CCCCCCCC(=O)OC(CCCCCCCC)CCCCCCCC)C(=O)OCCCCCCCC. The molecular formula is C53H103NO7. The zero-order chi connectivity index (χ0) is 44.9. The van der Waals surface area contributed by atoms with Gasteiger partial charge in [-0.05, 0) is 84.2 Å². The van der Waals surface area contributed by atoms with Gasteiger partial charge in [0.2, 0.25) is 0 Å². The second-order valence-electron chi connectivity index (χ2n) is 18.6. The summed E-state index contributed by atoms with van der Waals surface area (Å²) in [6, 6.07) is 0. The summed E-state index contributed by atoms with van der Waals surface area (Å²) >= 11 is 0. The highest BCUT2D eigenvalue weighted by molar-refractivity contribution is 5.99. The monoisotopic (exact) mass is 866 g/mol. The average molecular weight is 866 g/mol. The van der Waals surface area contributed by atoms with E-state index in [1.807, 2.05) is 0 Å². The maximum atomic E-state index is 13.3. The van der Waals surface area contributed by atoms with Crippen LogP contribution in [-0.4, -0.2) is 73.5 Å². The first-order chi connectivity index (χ1) is 29.8. The van der Waals surface area contributed by atoms with E-state index in [9.17, 15) is 19.5 Å². The van der Waals surface area contributed by atoms with E-state index in [1.54, 1.807) is 6.92 Å². The van der Waals surface area contributed by atoms with E-state index >= 15 is 0 Å². The van der Waals surface area contributed by atoms with Gasteiger partial charge < -0.3 is 24.2 Å². The first kappa shape index (κ1) is 59.3. The fourth-order valence-electron chi connectivity index (χ4n) is 8.29. The van der Waals surface area contributed by atoms with Gasteiger partial charge in [0.25, 0.3) is 0 Å². The molecule has 0 aliphatic carbocycles. The summed E-state index contributed by atoms with van der Waals surface area (Å²) in [4.78, 5) is 41.8. The molecule has 61 heavy (non-hydrogen) atoms. The molecule has 0 aromatic heterocycles. The lowest BCUT2D eigenvalue weighted by Gasteiger charge is -2.25. The van der Waals surface area contributed by atoms with Crippen molar-refractivity contribution in [1.29, 1.82) is 0 Å². The predicted molar refractivity (Wildman–Crippen MR) is 257 cm³/mol. The Hall–Kier alpha value is -1.67. The molecule has 0 atom stereocenters. The molecule has 0 saturated carbocycles. The fraction of sp³-hybridized carbons (Fsp3) is 0.943. The molecule has 8 heteroatoms. The number of unbranched alkanes of at least 4 members (excludes halogenated alkanes) is 27.